The van der Waals surface area contributed by atoms with E-state index in [1.54, 1.807) is 6.08 Å². The van der Waals surface area contributed by atoms with Crippen LogP contribution in [0.3, 0.4) is 0 Å². The first-order chi connectivity index (χ1) is 5.70. The first-order valence-corrected chi connectivity index (χ1v) is 5.49. The minimum absolute atomic E-state index is 0.229. The molecule has 0 heterocycles. The molecule has 0 saturated heterocycles. The zero-order valence-electron chi connectivity index (χ0n) is 6.96. The maximum absolute atomic E-state index is 9.82. The smallest absolute Gasteiger partial charge is 0.0794 e. The van der Waals surface area contributed by atoms with Crippen LogP contribution in [0.5, 0.6) is 0 Å². The number of aliphatic hydroxyl groups is 1. The van der Waals surface area contributed by atoms with Gasteiger partial charge in [0.15, 0.2) is 0 Å². The van der Waals surface area contributed by atoms with Gasteiger partial charge in [0.2, 0.25) is 0 Å². The highest BCUT2D eigenvalue weighted by Gasteiger charge is 2.98. The van der Waals surface area contributed by atoms with Crippen LogP contribution in [0.1, 0.15) is 19.3 Å². The molecule has 3 aliphatic rings. The summed E-state index contributed by atoms with van der Waals surface area (Å²) < 4.78 is 0.339. The molecule has 0 aromatic rings. The number of aliphatic hydroxyl groups excluding tert-OH is 1. The number of alkyl halides is 1. The number of halogens is 1. The second kappa shape index (κ2) is 1.83. The molecule has 0 aromatic heterocycles. The van der Waals surface area contributed by atoms with Crippen molar-refractivity contribution in [1.82, 2.24) is 0 Å². The number of rotatable bonds is 2. The maximum Gasteiger partial charge on any atom is 0.0794 e. The SMILES string of the molecule is C=CC(O)C12C3CCCC1C32Br. The summed E-state index contributed by atoms with van der Waals surface area (Å²) in [6, 6.07) is 0. The second-order valence-electron chi connectivity index (χ2n) is 4.42. The van der Waals surface area contributed by atoms with Crippen LogP contribution < -0.4 is 0 Å². The van der Waals surface area contributed by atoms with Crippen molar-refractivity contribution < 1.29 is 5.11 Å². The van der Waals surface area contributed by atoms with Gasteiger partial charge in [0.25, 0.3) is 0 Å². The molecule has 12 heavy (non-hydrogen) atoms. The summed E-state index contributed by atoms with van der Waals surface area (Å²) in [5, 5.41) is 9.82. The van der Waals surface area contributed by atoms with Gasteiger partial charge in [-0.1, -0.05) is 28.4 Å². The van der Waals surface area contributed by atoms with Crippen molar-refractivity contribution in [3.63, 3.8) is 0 Å². The monoisotopic (exact) mass is 228 g/mol. The molecule has 66 valence electrons. The molecule has 0 aliphatic heterocycles. The van der Waals surface area contributed by atoms with E-state index in [-0.39, 0.29) is 11.5 Å². The van der Waals surface area contributed by atoms with Crippen LogP contribution in [0.15, 0.2) is 12.7 Å². The van der Waals surface area contributed by atoms with Crippen LogP contribution in [0.4, 0.5) is 0 Å². The minimum atomic E-state index is -0.271. The van der Waals surface area contributed by atoms with Gasteiger partial charge in [-0.15, -0.1) is 6.58 Å². The van der Waals surface area contributed by atoms with Gasteiger partial charge in [0, 0.05) is 9.74 Å². The molecule has 0 radical (unpaired) electrons. The van der Waals surface area contributed by atoms with Crippen molar-refractivity contribution in [2.45, 2.75) is 29.7 Å². The molecule has 3 fully saturated rings. The van der Waals surface area contributed by atoms with Crippen molar-refractivity contribution >= 4 is 15.9 Å². The van der Waals surface area contributed by atoms with E-state index in [1.807, 2.05) is 0 Å². The highest BCUT2D eigenvalue weighted by Crippen LogP contribution is 2.96. The first kappa shape index (κ1) is 7.57. The third kappa shape index (κ3) is 0.460. The van der Waals surface area contributed by atoms with Crippen molar-refractivity contribution in [1.29, 1.82) is 0 Å². The van der Waals surface area contributed by atoms with Gasteiger partial charge in [-0.25, -0.2) is 0 Å². The molecule has 0 amide bonds. The lowest BCUT2D eigenvalue weighted by Gasteiger charge is -2.27. The Kier molecular flexibility index (Phi) is 1.15. The molecule has 3 unspecified atom stereocenters. The lowest BCUT2D eigenvalue weighted by atomic mass is 9.80. The van der Waals surface area contributed by atoms with E-state index in [9.17, 15) is 5.11 Å². The first-order valence-electron chi connectivity index (χ1n) is 4.70. The number of hydrogen-bond donors (Lipinski definition) is 1. The zero-order valence-corrected chi connectivity index (χ0v) is 8.55. The van der Waals surface area contributed by atoms with Gasteiger partial charge < -0.3 is 5.11 Å². The highest BCUT2D eigenvalue weighted by molar-refractivity contribution is 9.10. The molecule has 3 aliphatic carbocycles. The summed E-state index contributed by atoms with van der Waals surface area (Å²) >= 11 is 3.79. The topological polar surface area (TPSA) is 20.2 Å². The molecule has 1 nitrogen and oxygen atoms in total. The average molecular weight is 229 g/mol. The Hall–Kier alpha value is 0.180. The summed E-state index contributed by atoms with van der Waals surface area (Å²) in [6.07, 6.45) is 5.39. The molecule has 3 atom stereocenters. The Morgan fingerprint density at radius 3 is 2.50 bits per heavy atom. The molecular formula is C10H13BrO. The fraction of sp³-hybridized carbons (Fsp3) is 0.800. The van der Waals surface area contributed by atoms with Crippen LogP contribution >= 0.6 is 15.9 Å². The standard InChI is InChI=1S/C10H13BrO/c1-2-8(12)9-6-4-3-5-7(9)10(6,9)11/h2,6-8,12H,1,3-5H2. The Bertz CT molecular complexity index is 249. The van der Waals surface area contributed by atoms with Gasteiger partial charge in [-0.3, -0.25) is 0 Å². The van der Waals surface area contributed by atoms with Crippen LogP contribution in [0, 0.1) is 17.3 Å². The minimum Gasteiger partial charge on any atom is -0.388 e. The van der Waals surface area contributed by atoms with Crippen LogP contribution in [0.25, 0.3) is 0 Å². The molecule has 3 saturated carbocycles. The van der Waals surface area contributed by atoms with Gasteiger partial charge in [-0.2, -0.15) is 0 Å². The summed E-state index contributed by atoms with van der Waals surface area (Å²) in [5.74, 6) is 1.49. The lowest BCUT2D eigenvalue weighted by Crippen LogP contribution is -2.26. The molecule has 0 spiro atoms. The number of fused-ring (bicyclic) bond motifs is 2. The maximum atomic E-state index is 9.82. The Morgan fingerprint density at radius 2 is 2.08 bits per heavy atom. The average Bonchev–Trinajstić information content (AvgIpc) is 2.89. The predicted molar refractivity (Wildman–Crippen MR) is 51.1 cm³/mol. The molecule has 1 N–H and O–H groups in total. The normalized spacial score (nSPS) is 61.8. The van der Waals surface area contributed by atoms with Gasteiger partial charge in [-0.05, 0) is 24.7 Å². The zero-order chi connectivity index (χ0) is 8.56. The predicted octanol–water partition coefficient (Wildman–Crippen LogP) is 2.10. The molecule has 3 rings (SSSR count). The van der Waals surface area contributed by atoms with E-state index in [2.05, 4.69) is 22.5 Å². The highest BCUT2D eigenvalue weighted by atomic mass is 79.9. The van der Waals surface area contributed by atoms with E-state index in [4.69, 9.17) is 0 Å². The van der Waals surface area contributed by atoms with Crippen LogP contribution in [-0.4, -0.2) is 15.5 Å². The van der Waals surface area contributed by atoms with E-state index in [0.29, 0.717) is 4.32 Å². The number of hydrogen-bond acceptors (Lipinski definition) is 1. The summed E-state index contributed by atoms with van der Waals surface area (Å²) in [5.41, 5.74) is 0.229. The van der Waals surface area contributed by atoms with Crippen LogP contribution in [-0.2, 0) is 0 Å². The van der Waals surface area contributed by atoms with Crippen molar-refractivity contribution in [2.75, 3.05) is 0 Å². The van der Waals surface area contributed by atoms with Crippen molar-refractivity contribution in [3.8, 4) is 0 Å². The summed E-state index contributed by atoms with van der Waals surface area (Å²) in [6.45, 7) is 3.68. The summed E-state index contributed by atoms with van der Waals surface area (Å²) in [7, 11) is 0. The molecule has 0 bridgehead atoms. The Morgan fingerprint density at radius 1 is 1.50 bits per heavy atom. The molecule has 0 aromatic carbocycles. The third-order valence-corrected chi connectivity index (χ3v) is 6.15. The van der Waals surface area contributed by atoms with E-state index in [0.717, 1.165) is 11.8 Å². The quantitative estimate of drug-likeness (QED) is 0.567. The third-order valence-electron chi connectivity index (χ3n) is 4.36. The van der Waals surface area contributed by atoms with Gasteiger partial charge in [0.05, 0.1) is 6.10 Å². The largest absolute Gasteiger partial charge is 0.388 e. The molecular weight excluding hydrogens is 216 g/mol. The second-order valence-corrected chi connectivity index (χ2v) is 5.73. The molecule has 2 heteroatoms. The summed E-state index contributed by atoms with van der Waals surface area (Å²) in [4.78, 5) is 0. The lowest BCUT2D eigenvalue weighted by molar-refractivity contribution is 0.113. The Labute approximate surface area is 81.0 Å². The van der Waals surface area contributed by atoms with E-state index < -0.39 is 0 Å². The van der Waals surface area contributed by atoms with Crippen molar-refractivity contribution in [3.05, 3.63) is 12.7 Å². The van der Waals surface area contributed by atoms with Crippen LogP contribution in [0.2, 0.25) is 0 Å². The Balaban J connectivity index is 1.93. The van der Waals surface area contributed by atoms with E-state index >= 15 is 0 Å². The fourth-order valence-electron chi connectivity index (χ4n) is 3.82. The van der Waals surface area contributed by atoms with Gasteiger partial charge in [0.1, 0.15) is 0 Å². The van der Waals surface area contributed by atoms with Gasteiger partial charge >= 0.3 is 0 Å². The fourth-order valence-corrected chi connectivity index (χ4v) is 5.59. The van der Waals surface area contributed by atoms with Crippen molar-refractivity contribution in [2.24, 2.45) is 17.3 Å². The van der Waals surface area contributed by atoms with E-state index in [1.165, 1.54) is 19.3 Å².